The van der Waals surface area contributed by atoms with Crippen LogP contribution in [0.3, 0.4) is 0 Å². The number of nitrogens with zero attached hydrogens (tertiary/aromatic N) is 1. The molecule has 1 aliphatic rings. The number of oxazole rings is 1. The number of nitrogens with two attached hydrogens (primary N) is 1. The van der Waals surface area contributed by atoms with E-state index in [1.165, 1.54) is 0 Å². The third-order valence-electron chi connectivity index (χ3n) is 3.21. The topological polar surface area (TPSA) is 78.3 Å². The van der Waals surface area contributed by atoms with Crippen LogP contribution in [0.25, 0.3) is 0 Å². The molecule has 0 saturated heterocycles. The zero-order chi connectivity index (χ0) is 14.0. The summed E-state index contributed by atoms with van der Waals surface area (Å²) in [5.41, 5.74) is 5.48. The Morgan fingerprint density at radius 3 is 2.74 bits per heavy atom. The maximum Gasteiger partial charge on any atom is 0.362 e. The fourth-order valence-corrected chi connectivity index (χ4v) is 2.16. The van der Waals surface area contributed by atoms with E-state index in [4.69, 9.17) is 14.9 Å². The van der Waals surface area contributed by atoms with Crippen LogP contribution in [0.4, 0.5) is 14.7 Å². The summed E-state index contributed by atoms with van der Waals surface area (Å²) in [5, 5.41) is 0. The van der Waals surface area contributed by atoms with Crippen LogP contribution in [-0.4, -0.2) is 23.5 Å². The number of esters is 1. The van der Waals surface area contributed by atoms with Gasteiger partial charge in [0.15, 0.2) is 0 Å². The zero-order valence-corrected chi connectivity index (χ0v) is 10.6. The van der Waals surface area contributed by atoms with Gasteiger partial charge in [0, 0.05) is 18.8 Å². The Bertz CT molecular complexity index is 464. The number of alkyl halides is 2. The van der Waals surface area contributed by atoms with E-state index in [0.717, 1.165) is 0 Å². The van der Waals surface area contributed by atoms with Crippen molar-refractivity contribution in [2.45, 2.75) is 44.4 Å². The van der Waals surface area contributed by atoms with Gasteiger partial charge in [-0.3, -0.25) is 0 Å². The van der Waals surface area contributed by atoms with Crippen LogP contribution in [-0.2, 0) is 4.74 Å². The van der Waals surface area contributed by atoms with Crippen molar-refractivity contribution in [2.24, 2.45) is 0 Å². The molecule has 0 spiro atoms. The molecular formula is C12H16F2N2O3. The van der Waals surface area contributed by atoms with Crippen molar-refractivity contribution in [1.82, 2.24) is 4.98 Å². The number of nitrogen functional groups attached to an aromatic ring is 1. The number of hydrogen-bond donors (Lipinski definition) is 1. The second kappa shape index (κ2) is 5.14. The van der Waals surface area contributed by atoms with Crippen molar-refractivity contribution >= 4 is 11.9 Å². The highest BCUT2D eigenvalue weighted by atomic mass is 19.3. The van der Waals surface area contributed by atoms with Crippen LogP contribution in [0, 0.1) is 0 Å². The van der Waals surface area contributed by atoms with Crippen LogP contribution in [0.15, 0.2) is 4.42 Å². The molecule has 2 rings (SSSR count). The summed E-state index contributed by atoms with van der Waals surface area (Å²) in [4.78, 5) is 15.5. The summed E-state index contributed by atoms with van der Waals surface area (Å²) >= 11 is 0. The van der Waals surface area contributed by atoms with Crippen LogP contribution in [0.5, 0.6) is 0 Å². The minimum absolute atomic E-state index is 0.0748. The van der Waals surface area contributed by atoms with E-state index in [1.807, 2.05) is 0 Å². The summed E-state index contributed by atoms with van der Waals surface area (Å²) in [7, 11) is 0. The highest BCUT2D eigenvalue weighted by molar-refractivity contribution is 5.91. The van der Waals surface area contributed by atoms with Crippen molar-refractivity contribution in [2.75, 3.05) is 12.3 Å². The van der Waals surface area contributed by atoms with E-state index in [2.05, 4.69) is 4.98 Å². The third-order valence-corrected chi connectivity index (χ3v) is 3.21. The monoisotopic (exact) mass is 274 g/mol. The van der Waals surface area contributed by atoms with Gasteiger partial charge in [-0.1, -0.05) is 0 Å². The van der Waals surface area contributed by atoms with Gasteiger partial charge in [0.25, 0.3) is 0 Å². The summed E-state index contributed by atoms with van der Waals surface area (Å²) in [6.07, 6.45) is 0.147. The maximum absolute atomic E-state index is 13.1. The summed E-state index contributed by atoms with van der Waals surface area (Å²) < 4.78 is 36.1. The largest absolute Gasteiger partial charge is 0.461 e. The van der Waals surface area contributed by atoms with Gasteiger partial charge in [0.05, 0.1) is 6.61 Å². The Morgan fingerprint density at radius 2 is 2.16 bits per heavy atom. The Labute approximate surface area is 109 Å². The fourth-order valence-electron chi connectivity index (χ4n) is 2.16. The molecule has 0 amide bonds. The van der Waals surface area contributed by atoms with Crippen LogP contribution in [0.2, 0.25) is 0 Å². The van der Waals surface area contributed by atoms with Gasteiger partial charge in [-0.15, -0.1) is 0 Å². The molecule has 0 radical (unpaired) electrons. The first-order valence-corrected chi connectivity index (χ1v) is 6.24. The molecule has 1 aromatic heterocycles. The molecule has 0 atom stereocenters. The molecule has 1 aliphatic carbocycles. The first-order chi connectivity index (χ1) is 8.93. The molecule has 1 aromatic rings. The van der Waals surface area contributed by atoms with Gasteiger partial charge in [0.1, 0.15) is 0 Å². The summed E-state index contributed by atoms with van der Waals surface area (Å²) in [5.74, 6) is -3.36. The lowest BCUT2D eigenvalue weighted by Gasteiger charge is -2.26. The van der Waals surface area contributed by atoms with Gasteiger partial charge in [-0.25, -0.2) is 18.6 Å². The molecule has 2 N–H and O–H groups in total. The third kappa shape index (κ3) is 3.02. The van der Waals surface area contributed by atoms with Crippen LogP contribution in [0.1, 0.15) is 54.9 Å². The number of rotatable bonds is 3. The molecule has 1 saturated carbocycles. The number of carbonyl (C=O) groups excluding carboxylic acids is 1. The predicted octanol–water partition coefficient (Wildman–Crippen LogP) is 2.73. The Hall–Kier alpha value is -1.66. The van der Waals surface area contributed by atoms with Crippen molar-refractivity contribution in [3.05, 3.63) is 11.6 Å². The quantitative estimate of drug-likeness (QED) is 0.857. The molecule has 0 aromatic carbocycles. The van der Waals surface area contributed by atoms with Gasteiger partial charge in [-0.2, -0.15) is 0 Å². The Balaban J connectivity index is 2.10. The summed E-state index contributed by atoms with van der Waals surface area (Å²) in [6.45, 7) is 1.87. The highest BCUT2D eigenvalue weighted by Crippen LogP contribution is 2.41. The number of hydrogen-bond acceptors (Lipinski definition) is 5. The summed E-state index contributed by atoms with van der Waals surface area (Å²) in [6, 6.07) is 0. The van der Waals surface area contributed by atoms with Crippen LogP contribution >= 0.6 is 0 Å². The number of halogens is 2. The average molecular weight is 274 g/mol. The molecule has 0 bridgehead atoms. The number of anilines is 1. The van der Waals surface area contributed by atoms with E-state index < -0.39 is 11.9 Å². The zero-order valence-electron chi connectivity index (χ0n) is 10.6. The smallest absolute Gasteiger partial charge is 0.362 e. The lowest BCUT2D eigenvalue weighted by atomic mass is 9.87. The minimum Gasteiger partial charge on any atom is -0.461 e. The molecule has 1 fully saturated rings. The second-order valence-corrected chi connectivity index (χ2v) is 4.62. The Kier molecular flexibility index (Phi) is 3.73. The Morgan fingerprint density at radius 1 is 1.53 bits per heavy atom. The van der Waals surface area contributed by atoms with Crippen molar-refractivity contribution in [1.29, 1.82) is 0 Å². The van der Waals surface area contributed by atoms with Gasteiger partial charge in [0.2, 0.25) is 23.4 Å². The van der Waals surface area contributed by atoms with Crippen LogP contribution < -0.4 is 5.73 Å². The van der Waals surface area contributed by atoms with E-state index >= 15 is 0 Å². The molecule has 106 valence electrons. The first-order valence-electron chi connectivity index (χ1n) is 6.24. The van der Waals surface area contributed by atoms with E-state index in [1.54, 1.807) is 6.92 Å². The van der Waals surface area contributed by atoms with E-state index in [9.17, 15) is 13.6 Å². The molecule has 0 aliphatic heterocycles. The molecule has 7 heteroatoms. The number of aromatic nitrogens is 1. The molecule has 19 heavy (non-hydrogen) atoms. The standard InChI is InChI=1S/C12H16F2N2O3/c1-2-18-11(17)8-9(15)19-10(16-8)7-3-5-12(13,14)6-4-7/h7H,2-6,15H2,1H3. The fraction of sp³-hybridized carbons (Fsp3) is 0.667. The SMILES string of the molecule is CCOC(=O)c1nc(C2CCC(F)(F)CC2)oc1N. The molecule has 5 nitrogen and oxygen atoms in total. The van der Waals surface area contributed by atoms with E-state index in [-0.39, 0.29) is 55.7 Å². The lowest BCUT2D eigenvalue weighted by Crippen LogP contribution is -2.23. The van der Waals surface area contributed by atoms with Gasteiger partial charge >= 0.3 is 5.97 Å². The van der Waals surface area contributed by atoms with Crippen molar-refractivity contribution < 1.29 is 22.7 Å². The van der Waals surface area contributed by atoms with Crippen molar-refractivity contribution in [3.63, 3.8) is 0 Å². The molecule has 1 heterocycles. The normalized spacial score (nSPS) is 19.3. The second-order valence-electron chi connectivity index (χ2n) is 4.62. The lowest BCUT2D eigenvalue weighted by molar-refractivity contribution is -0.0398. The van der Waals surface area contributed by atoms with Gasteiger partial charge in [-0.05, 0) is 19.8 Å². The maximum atomic E-state index is 13.1. The van der Waals surface area contributed by atoms with Crippen molar-refractivity contribution in [3.8, 4) is 0 Å². The van der Waals surface area contributed by atoms with Gasteiger partial charge < -0.3 is 14.9 Å². The average Bonchev–Trinajstić information content (AvgIpc) is 2.71. The minimum atomic E-state index is -2.61. The highest BCUT2D eigenvalue weighted by Gasteiger charge is 2.37. The molecule has 0 unspecified atom stereocenters. The number of ether oxygens (including phenoxy) is 1. The predicted molar refractivity (Wildman–Crippen MR) is 63.0 cm³/mol. The molecular weight excluding hydrogens is 258 g/mol. The first kappa shape index (κ1) is 13.8. The number of carbonyl (C=O) groups is 1. The van der Waals surface area contributed by atoms with E-state index in [0.29, 0.717) is 0 Å².